The van der Waals surface area contributed by atoms with Crippen molar-refractivity contribution in [1.82, 2.24) is 15.1 Å². The molecule has 2 unspecified atom stereocenters. The highest BCUT2D eigenvalue weighted by atomic mass is 19.4. The highest BCUT2D eigenvalue weighted by Crippen LogP contribution is 2.60. The molecule has 3 atom stereocenters. The number of rotatable bonds is 3. The summed E-state index contributed by atoms with van der Waals surface area (Å²) in [5.74, 6) is 1.10. The van der Waals surface area contributed by atoms with Crippen molar-refractivity contribution in [2.45, 2.75) is 63.3 Å². The van der Waals surface area contributed by atoms with E-state index < -0.39 is 11.7 Å². The summed E-state index contributed by atoms with van der Waals surface area (Å²) in [5.41, 5.74) is -0.863. The SMILES string of the molecule is O=C(N1CCN(c2ccccc2C(F)(F)F)CC1)N1CCC[C@H](NC(=O)C23CC4CC(C2)C(O)C(C4)C3)C1. The number of carbonyl (C=O) groups excluding carboxylic acids is 2. The van der Waals surface area contributed by atoms with Crippen LogP contribution in [0.3, 0.4) is 0 Å². The van der Waals surface area contributed by atoms with Gasteiger partial charge in [0.25, 0.3) is 0 Å². The number of nitrogens with one attached hydrogen (secondary N) is 1. The molecule has 2 N–H and O–H groups in total. The van der Waals surface area contributed by atoms with E-state index in [-0.39, 0.29) is 47.0 Å². The minimum atomic E-state index is -4.42. The van der Waals surface area contributed by atoms with Gasteiger partial charge in [-0.2, -0.15) is 13.2 Å². The number of hydrogen-bond donors (Lipinski definition) is 2. The first-order valence-corrected chi connectivity index (χ1v) is 14.1. The van der Waals surface area contributed by atoms with Crippen LogP contribution in [0.15, 0.2) is 24.3 Å². The maximum atomic E-state index is 13.5. The molecule has 1 aromatic rings. The molecule has 6 fully saturated rings. The van der Waals surface area contributed by atoms with E-state index in [1.54, 1.807) is 20.8 Å². The van der Waals surface area contributed by atoms with Crippen LogP contribution in [0.2, 0.25) is 0 Å². The number of benzene rings is 1. The molecule has 4 aliphatic carbocycles. The predicted octanol–water partition coefficient (Wildman–Crippen LogP) is 3.72. The monoisotopic (exact) mass is 534 g/mol. The van der Waals surface area contributed by atoms with E-state index in [0.29, 0.717) is 45.2 Å². The van der Waals surface area contributed by atoms with Crippen molar-refractivity contribution in [3.8, 4) is 0 Å². The van der Waals surface area contributed by atoms with Crippen molar-refractivity contribution in [3.63, 3.8) is 0 Å². The summed E-state index contributed by atoms with van der Waals surface area (Å²) in [6.07, 6.45) is 1.46. The fraction of sp³-hybridized carbons (Fsp3) is 0.714. The first-order chi connectivity index (χ1) is 18.1. The topological polar surface area (TPSA) is 76.1 Å². The summed E-state index contributed by atoms with van der Waals surface area (Å²) in [6, 6.07) is 5.38. The van der Waals surface area contributed by atoms with Crippen LogP contribution >= 0.6 is 0 Å². The molecule has 6 aliphatic rings. The third-order valence-corrected chi connectivity index (χ3v) is 9.83. The molecular formula is C28H37F3N4O3. The van der Waals surface area contributed by atoms with E-state index >= 15 is 0 Å². The average molecular weight is 535 g/mol. The highest BCUT2D eigenvalue weighted by Gasteiger charge is 2.58. The fourth-order valence-corrected chi connectivity index (χ4v) is 8.21. The van der Waals surface area contributed by atoms with Crippen molar-refractivity contribution in [3.05, 3.63) is 29.8 Å². The van der Waals surface area contributed by atoms with Crippen LogP contribution in [0.4, 0.5) is 23.7 Å². The van der Waals surface area contributed by atoms with Crippen LogP contribution in [-0.4, -0.2) is 78.3 Å². The molecule has 7 nitrogen and oxygen atoms in total. The fourth-order valence-electron chi connectivity index (χ4n) is 8.21. The molecule has 7 rings (SSSR count). The highest BCUT2D eigenvalue weighted by molar-refractivity contribution is 5.83. The molecule has 0 aromatic heterocycles. The molecule has 4 saturated carbocycles. The number of carbonyl (C=O) groups is 2. The van der Waals surface area contributed by atoms with Gasteiger partial charge in [0.1, 0.15) is 0 Å². The number of para-hydroxylation sites is 1. The number of aliphatic hydroxyl groups is 1. The number of hydrogen-bond acceptors (Lipinski definition) is 4. The van der Waals surface area contributed by atoms with Gasteiger partial charge in [-0.25, -0.2) is 4.79 Å². The molecule has 2 saturated heterocycles. The zero-order chi connectivity index (χ0) is 26.7. The van der Waals surface area contributed by atoms with Crippen LogP contribution in [0.5, 0.6) is 0 Å². The van der Waals surface area contributed by atoms with Gasteiger partial charge in [0.15, 0.2) is 0 Å². The second-order valence-corrected chi connectivity index (χ2v) is 12.3. The van der Waals surface area contributed by atoms with Crippen LogP contribution in [-0.2, 0) is 11.0 Å². The third kappa shape index (κ3) is 4.62. The maximum Gasteiger partial charge on any atom is 0.418 e. The van der Waals surface area contributed by atoms with Crippen molar-refractivity contribution in [2.24, 2.45) is 23.2 Å². The quantitative estimate of drug-likeness (QED) is 0.620. The van der Waals surface area contributed by atoms with Crippen molar-refractivity contribution < 1.29 is 27.9 Å². The third-order valence-electron chi connectivity index (χ3n) is 9.83. The van der Waals surface area contributed by atoms with Gasteiger partial charge < -0.3 is 25.1 Å². The van der Waals surface area contributed by atoms with E-state index in [1.807, 2.05) is 0 Å². The Labute approximate surface area is 221 Å². The van der Waals surface area contributed by atoms with Gasteiger partial charge in [-0.1, -0.05) is 12.1 Å². The van der Waals surface area contributed by atoms with Gasteiger partial charge in [0.05, 0.1) is 17.1 Å². The Morgan fingerprint density at radius 1 is 0.947 bits per heavy atom. The number of piperidine rings is 1. The first-order valence-electron chi connectivity index (χ1n) is 14.1. The Morgan fingerprint density at radius 2 is 1.63 bits per heavy atom. The lowest BCUT2D eigenvalue weighted by Gasteiger charge is -2.58. The average Bonchev–Trinajstić information content (AvgIpc) is 2.90. The number of amides is 3. The largest absolute Gasteiger partial charge is 0.418 e. The number of likely N-dealkylation sites (tertiary alicyclic amines) is 1. The predicted molar refractivity (Wildman–Crippen MR) is 135 cm³/mol. The zero-order valence-electron chi connectivity index (χ0n) is 21.6. The lowest BCUT2D eigenvalue weighted by atomic mass is 9.48. The van der Waals surface area contributed by atoms with Gasteiger partial charge in [-0.3, -0.25) is 4.79 Å². The van der Waals surface area contributed by atoms with Crippen LogP contribution in [0, 0.1) is 23.2 Å². The number of halogens is 3. The molecule has 0 spiro atoms. The summed E-state index contributed by atoms with van der Waals surface area (Å²) in [5, 5.41) is 13.8. The second kappa shape index (κ2) is 9.61. The smallest absolute Gasteiger partial charge is 0.393 e. The molecule has 2 heterocycles. The summed E-state index contributed by atoms with van der Waals surface area (Å²) in [4.78, 5) is 32.1. The lowest BCUT2D eigenvalue weighted by molar-refractivity contribution is -0.164. The zero-order valence-corrected chi connectivity index (χ0v) is 21.6. The summed E-state index contributed by atoms with van der Waals surface area (Å²) >= 11 is 0. The van der Waals surface area contributed by atoms with Gasteiger partial charge in [0, 0.05) is 51.0 Å². The van der Waals surface area contributed by atoms with Crippen LogP contribution in [0.25, 0.3) is 0 Å². The molecule has 10 heteroatoms. The molecule has 4 bridgehead atoms. The van der Waals surface area contributed by atoms with Gasteiger partial charge >= 0.3 is 12.2 Å². The number of anilines is 1. The second-order valence-electron chi connectivity index (χ2n) is 12.3. The first kappa shape index (κ1) is 25.8. The molecule has 3 amide bonds. The number of piperazine rings is 1. The minimum absolute atomic E-state index is 0.0973. The van der Waals surface area contributed by atoms with E-state index in [4.69, 9.17) is 0 Å². The van der Waals surface area contributed by atoms with E-state index in [1.165, 1.54) is 12.1 Å². The Kier molecular flexibility index (Phi) is 6.52. The molecule has 0 radical (unpaired) electrons. The Hall–Kier alpha value is -2.49. The van der Waals surface area contributed by atoms with Gasteiger partial charge in [0.2, 0.25) is 5.91 Å². The van der Waals surface area contributed by atoms with Gasteiger partial charge in [-0.05, 0) is 74.8 Å². The number of urea groups is 1. The van der Waals surface area contributed by atoms with Crippen molar-refractivity contribution in [2.75, 3.05) is 44.2 Å². The normalized spacial score (nSPS) is 34.9. The van der Waals surface area contributed by atoms with Crippen molar-refractivity contribution in [1.29, 1.82) is 0 Å². The van der Waals surface area contributed by atoms with Crippen LogP contribution in [0.1, 0.15) is 50.5 Å². The Balaban J connectivity index is 1.04. The van der Waals surface area contributed by atoms with E-state index in [2.05, 4.69) is 5.32 Å². The molecule has 1 aromatic carbocycles. The van der Waals surface area contributed by atoms with Gasteiger partial charge in [-0.15, -0.1) is 0 Å². The van der Waals surface area contributed by atoms with Crippen LogP contribution < -0.4 is 10.2 Å². The summed E-state index contributed by atoms with van der Waals surface area (Å²) in [7, 11) is 0. The van der Waals surface area contributed by atoms with Crippen molar-refractivity contribution >= 4 is 17.6 Å². The molecule has 38 heavy (non-hydrogen) atoms. The number of nitrogens with zero attached hydrogens (tertiary/aromatic N) is 3. The Morgan fingerprint density at radius 3 is 2.32 bits per heavy atom. The van der Waals surface area contributed by atoms with E-state index in [0.717, 1.165) is 51.0 Å². The number of aliphatic hydroxyl groups excluding tert-OH is 1. The molecule has 2 aliphatic heterocycles. The lowest BCUT2D eigenvalue weighted by Crippen LogP contribution is -2.61. The standard InChI is InChI=1S/C28H37F3N4O3/c29-28(30,31)22-5-1-2-6-23(22)33-8-10-34(11-9-33)26(38)35-7-3-4-21(17-35)32-25(37)27-14-18-12-19(15-27)24(36)20(13-18)16-27/h1-2,5-6,18-21,24,36H,3-4,7-17H2,(H,32,37)/t18?,19?,20?,21-,24?,27?/m0/s1. The molecular weight excluding hydrogens is 497 g/mol. The summed E-state index contributed by atoms with van der Waals surface area (Å²) < 4.78 is 40.4. The summed E-state index contributed by atoms with van der Waals surface area (Å²) in [6.45, 7) is 2.46. The minimum Gasteiger partial charge on any atom is -0.393 e. The number of alkyl halides is 3. The van der Waals surface area contributed by atoms with E-state index in [9.17, 15) is 27.9 Å². The maximum absolute atomic E-state index is 13.5. The Bertz CT molecular complexity index is 1060. The molecule has 208 valence electrons.